The molecule has 4 rings (SSSR count). The number of aromatic nitrogens is 3. The maximum absolute atomic E-state index is 12.8. The first-order valence-electron chi connectivity index (χ1n) is 11.4. The maximum Gasteiger partial charge on any atom is 0.255 e. The molecule has 174 valence electrons. The van der Waals surface area contributed by atoms with E-state index in [1.807, 2.05) is 48.7 Å². The molecule has 0 saturated heterocycles. The molecule has 1 aliphatic carbocycles. The number of carbonyl (C=O) groups excluding carboxylic acids is 1. The van der Waals surface area contributed by atoms with E-state index in [9.17, 15) is 4.79 Å². The molecule has 6 nitrogen and oxygen atoms in total. The van der Waals surface area contributed by atoms with Crippen LogP contribution in [0.1, 0.15) is 59.9 Å². The Morgan fingerprint density at radius 1 is 1.15 bits per heavy atom. The van der Waals surface area contributed by atoms with Gasteiger partial charge in [0.2, 0.25) is 0 Å². The van der Waals surface area contributed by atoms with Gasteiger partial charge in [-0.2, -0.15) is 0 Å². The third-order valence-corrected chi connectivity index (χ3v) is 6.81. The van der Waals surface area contributed by atoms with Gasteiger partial charge in [-0.25, -0.2) is 0 Å². The SMILES string of the molecule is CSc1nnc(CCCNC(=O)c2ccccc2OCc2ccc(Cl)cc2)n1C1CCCC1. The van der Waals surface area contributed by atoms with E-state index < -0.39 is 0 Å². The molecule has 0 spiro atoms. The number of amides is 1. The summed E-state index contributed by atoms with van der Waals surface area (Å²) in [6.07, 6.45) is 8.57. The summed E-state index contributed by atoms with van der Waals surface area (Å²) in [4.78, 5) is 12.8. The highest BCUT2D eigenvalue weighted by Gasteiger charge is 2.23. The molecular weight excluding hydrogens is 456 g/mol. The van der Waals surface area contributed by atoms with E-state index in [4.69, 9.17) is 16.3 Å². The van der Waals surface area contributed by atoms with E-state index in [0.29, 0.717) is 35.5 Å². The number of nitrogens with one attached hydrogen (secondary N) is 1. The first-order chi connectivity index (χ1) is 16.2. The zero-order chi connectivity index (χ0) is 23.0. The van der Waals surface area contributed by atoms with E-state index in [1.54, 1.807) is 17.8 Å². The van der Waals surface area contributed by atoms with Crippen LogP contribution in [-0.2, 0) is 13.0 Å². The summed E-state index contributed by atoms with van der Waals surface area (Å²) in [5.74, 6) is 1.45. The first-order valence-corrected chi connectivity index (χ1v) is 13.0. The summed E-state index contributed by atoms with van der Waals surface area (Å²) in [5, 5.41) is 13.5. The number of thioether (sulfide) groups is 1. The van der Waals surface area contributed by atoms with Crippen LogP contribution in [-0.4, -0.2) is 33.5 Å². The Kier molecular flexibility index (Phi) is 8.29. The van der Waals surface area contributed by atoms with Gasteiger partial charge >= 0.3 is 0 Å². The minimum atomic E-state index is -0.135. The highest BCUT2D eigenvalue weighted by molar-refractivity contribution is 7.98. The summed E-state index contributed by atoms with van der Waals surface area (Å²) < 4.78 is 8.24. The molecule has 33 heavy (non-hydrogen) atoms. The van der Waals surface area contributed by atoms with Crippen LogP contribution in [0, 0.1) is 0 Å². The Hall–Kier alpha value is -2.51. The third kappa shape index (κ3) is 6.09. The quantitative estimate of drug-likeness (QED) is 0.295. The number of hydrogen-bond acceptors (Lipinski definition) is 5. The lowest BCUT2D eigenvalue weighted by atomic mass is 10.1. The molecule has 8 heteroatoms. The van der Waals surface area contributed by atoms with Gasteiger partial charge in [-0.05, 0) is 55.3 Å². The second-order valence-corrected chi connectivity index (χ2v) is 9.39. The van der Waals surface area contributed by atoms with Crippen molar-refractivity contribution in [3.05, 3.63) is 70.5 Å². The maximum atomic E-state index is 12.8. The molecule has 1 aromatic heterocycles. The van der Waals surface area contributed by atoms with Gasteiger partial charge in [0.1, 0.15) is 18.2 Å². The molecule has 2 aromatic carbocycles. The van der Waals surface area contributed by atoms with Crippen LogP contribution < -0.4 is 10.1 Å². The second-order valence-electron chi connectivity index (χ2n) is 8.18. The predicted octanol–water partition coefficient (Wildman–Crippen LogP) is 5.71. The summed E-state index contributed by atoms with van der Waals surface area (Å²) in [7, 11) is 0. The molecule has 0 bridgehead atoms. The van der Waals surface area contributed by atoms with Gasteiger partial charge in [0.05, 0.1) is 5.56 Å². The fraction of sp³-hybridized carbons (Fsp3) is 0.400. The van der Waals surface area contributed by atoms with Crippen molar-refractivity contribution in [2.45, 2.75) is 56.3 Å². The Morgan fingerprint density at radius 2 is 1.91 bits per heavy atom. The lowest BCUT2D eigenvalue weighted by Crippen LogP contribution is -2.25. The third-order valence-electron chi connectivity index (χ3n) is 5.91. The molecule has 1 N–H and O–H groups in total. The van der Waals surface area contributed by atoms with Crippen LogP contribution in [0.25, 0.3) is 0 Å². The van der Waals surface area contributed by atoms with Crippen molar-refractivity contribution in [2.24, 2.45) is 0 Å². The standard InChI is InChI=1S/C25H29ClN4O2S/c1-33-25-29-28-23(30(25)20-7-2-3-8-20)11-6-16-27-24(31)21-9-4-5-10-22(21)32-17-18-12-14-19(26)15-13-18/h4-5,9-10,12-15,20H,2-3,6-8,11,16-17H2,1H3,(H,27,31). The van der Waals surface area contributed by atoms with Crippen LogP contribution >= 0.6 is 23.4 Å². The monoisotopic (exact) mass is 484 g/mol. The average Bonchev–Trinajstić information content (AvgIpc) is 3.51. The zero-order valence-electron chi connectivity index (χ0n) is 18.8. The van der Waals surface area contributed by atoms with Crippen LogP contribution in [0.4, 0.5) is 0 Å². The topological polar surface area (TPSA) is 69.0 Å². The van der Waals surface area contributed by atoms with Gasteiger partial charge in [0.15, 0.2) is 5.16 Å². The summed E-state index contributed by atoms with van der Waals surface area (Å²) in [6.45, 7) is 0.937. The molecule has 1 saturated carbocycles. The van der Waals surface area contributed by atoms with Crippen molar-refractivity contribution in [3.63, 3.8) is 0 Å². The lowest BCUT2D eigenvalue weighted by molar-refractivity contribution is 0.0948. The molecule has 0 aliphatic heterocycles. The van der Waals surface area contributed by atoms with Crippen molar-refractivity contribution < 1.29 is 9.53 Å². The van der Waals surface area contributed by atoms with Gasteiger partial charge in [0.25, 0.3) is 5.91 Å². The van der Waals surface area contributed by atoms with Crippen molar-refractivity contribution in [1.82, 2.24) is 20.1 Å². The number of rotatable bonds is 10. The van der Waals surface area contributed by atoms with Gasteiger partial charge in [-0.1, -0.05) is 60.5 Å². The van der Waals surface area contributed by atoms with Crippen LogP contribution in [0.5, 0.6) is 5.75 Å². The molecular formula is C25H29ClN4O2S. The number of carbonyl (C=O) groups is 1. The number of para-hydroxylation sites is 1. The number of ether oxygens (including phenoxy) is 1. The number of halogens is 1. The lowest BCUT2D eigenvalue weighted by Gasteiger charge is -2.16. The normalized spacial score (nSPS) is 13.9. The molecule has 1 heterocycles. The number of hydrogen-bond donors (Lipinski definition) is 1. The van der Waals surface area contributed by atoms with E-state index in [2.05, 4.69) is 20.1 Å². The predicted molar refractivity (Wildman–Crippen MR) is 132 cm³/mol. The van der Waals surface area contributed by atoms with Gasteiger partial charge in [0, 0.05) is 24.0 Å². The molecule has 1 fully saturated rings. The minimum absolute atomic E-state index is 0.135. The first kappa shape index (κ1) is 23.6. The highest BCUT2D eigenvalue weighted by atomic mass is 35.5. The summed E-state index contributed by atoms with van der Waals surface area (Å²) in [5.41, 5.74) is 1.52. The van der Waals surface area contributed by atoms with E-state index >= 15 is 0 Å². The van der Waals surface area contributed by atoms with E-state index in [0.717, 1.165) is 29.4 Å². The van der Waals surface area contributed by atoms with Crippen molar-refractivity contribution in [1.29, 1.82) is 0 Å². The highest BCUT2D eigenvalue weighted by Crippen LogP contribution is 2.33. The average molecular weight is 485 g/mol. The molecule has 1 aliphatic rings. The largest absolute Gasteiger partial charge is 0.488 e. The fourth-order valence-electron chi connectivity index (χ4n) is 4.21. The van der Waals surface area contributed by atoms with Gasteiger partial charge in [-0.15, -0.1) is 10.2 Å². The number of benzene rings is 2. The summed E-state index contributed by atoms with van der Waals surface area (Å²) in [6, 6.07) is 15.3. The zero-order valence-corrected chi connectivity index (χ0v) is 20.4. The molecule has 1 amide bonds. The Balaban J connectivity index is 1.31. The number of aryl methyl sites for hydroxylation is 1. The second kappa shape index (κ2) is 11.6. The smallest absolute Gasteiger partial charge is 0.255 e. The van der Waals surface area contributed by atoms with Gasteiger partial charge < -0.3 is 14.6 Å². The van der Waals surface area contributed by atoms with Crippen LogP contribution in [0.3, 0.4) is 0 Å². The van der Waals surface area contributed by atoms with Crippen molar-refractivity contribution in [2.75, 3.05) is 12.8 Å². The Bertz CT molecular complexity index is 1060. The number of nitrogens with zero attached hydrogens (tertiary/aromatic N) is 3. The van der Waals surface area contributed by atoms with Crippen LogP contribution in [0.15, 0.2) is 53.7 Å². The van der Waals surface area contributed by atoms with Crippen molar-refractivity contribution in [3.8, 4) is 5.75 Å². The molecule has 3 aromatic rings. The van der Waals surface area contributed by atoms with Gasteiger partial charge in [-0.3, -0.25) is 4.79 Å². The molecule has 0 atom stereocenters. The minimum Gasteiger partial charge on any atom is -0.488 e. The Labute approximate surface area is 204 Å². The van der Waals surface area contributed by atoms with Crippen LogP contribution in [0.2, 0.25) is 5.02 Å². The molecule has 0 unspecified atom stereocenters. The summed E-state index contributed by atoms with van der Waals surface area (Å²) >= 11 is 7.59. The van der Waals surface area contributed by atoms with E-state index in [1.165, 1.54) is 25.7 Å². The van der Waals surface area contributed by atoms with Crippen molar-refractivity contribution >= 4 is 29.3 Å². The Morgan fingerprint density at radius 3 is 2.67 bits per heavy atom. The van der Waals surface area contributed by atoms with E-state index in [-0.39, 0.29) is 5.91 Å². The fourth-order valence-corrected chi connectivity index (χ4v) is 4.91. The molecule has 0 radical (unpaired) electrons.